The predicted molar refractivity (Wildman–Crippen MR) is 123 cm³/mol. The van der Waals surface area contributed by atoms with Gasteiger partial charge in [-0.2, -0.15) is 0 Å². The highest BCUT2D eigenvalue weighted by Crippen LogP contribution is 2.32. The first-order valence-electron chi connectivity index (χ1n) is 10.2. The Labute approximate surface area is 199 Å². The number of hydrogen-bond acceptors (Lipinski definition) is 9. The Balaban J connectivity index is 1.37. The van der Waals surface area contributed by atoms with Crippen molar-refractivity contribution in [3.63, 3.8) is 0 Å². The summed E-state index contributed by atoms with van der Waals surface area (Å²) >= 11 is 1.13. The normalized spacial score (nSPS) is 15.3. The fourth-order valence-corrected chi connectivity index (χ4v) is 4.21. The van der Waals surface area contributed by atoms with E-state index in [1.54, 1.807) is 42.7 Å². The molecule has 1 saturated heterocycles. The zero-order valence-corrected chi connectivity index (χ0v) is 18.9. The molecule has 172 valence electrons. The van der Waals surface area contributed by atoms with Gasteiger partial charge in [-0.15, -0.1) is 0 Å². The quantitative estimate of drug-likeness (QED) is 0.209. The van der Waals surface area contributed by atoms with E-state index < -0.39 is 17.8 Å². The minimum absolute atomic E-state index is 0.0257. The van der Waals surface area contributed by atoms with Crippen LogP contribution in [0.25, 0.3) is 0 Å². The molecule has 2 heterocycles. The van der Waals surface area contributed by atoms with Crippen LogP contribution in [-0.2, 0) is 14.3 Å². The van der Waals surface area contributed by atoms with E-state index >= 15 is 0 Å². The lowest BCUT2D eigenvalue weighted by Crippen LogP contribution is -2.31. The molecule has 34 heavy (non-hydrogen) atoms. The summed E-state index contributed by atoms with van der Waals surface area (Å²) in [6.45, 7) is -0.433. The van der Waals surface area contributed by atoms with Gasteiger partial charge >= 0.3 is 5.97 Å². The van der Waals surface area contributed by atoms with Crippen molar-refractivity contribution in [1.29, 1.82) is 0 Å². The summed E-state index contributed by atoms with van der Waals surface area (Å²) in [6, 6.07) is 14.1. The summed E-state index contributed by atoms with van der Waals surface area (Å²) in [5, 5.41) is -0.209. The molecule has 1 unspecified atom stereocenters. The Morgan fingerprint density at radius 1 is 1.03 bits per heavy atom. The number of carbonyl (C=O) groups is 4. The molecule has 0 N–H and O–H groups in total. The van der Waals surface area contributed by atoms with E-state index in [1.807, 2.05) is 0 Å². The number of nitrogens with zero attached hydrogens (tertiary/aromatic N) is 3. The number of Topliss-reactive ketones (excluding diaryl/α,β-unsaturated/α-hetero) is 1. The largest absolute Gasteiger partial charge is 0.497 e. The van der Waals surface area contributed by atoms with Crippen LogP contribution in [0.4, 0.5) is 5.69 Å². The van der Waals surface area contributed by atoms with Crippen LogP contribution in [0.5, 0.6) is 5.75 Å². The second-order valence-electron chi connectivity index (χ2n) is 7.19. The minimum Gasteiger partial charge on any atom is -0.497 e. The molecular formula is C24H19N3O6S. The molecule has 10 heteroatoms. The van der Waals surface area contributed by atoms with E-state index in [-0.39, 0.29) is 29.6 Å². The van der Waals surface area contributed by atoms with Gasteiger partial charge in [0.2, 0.25) is 11.8 Å². The number of aromatic nitrogens is 2. The fourth-order valence-electron chi connectivity index (χ4n) is 3.28. The number of ether oxygens (including phenoxy) is 2. The number of rotatable bonds is 8. The molecule has 4 rings (SSSR count). The summed E-state index contributed by atoms with van der Waals surface area (Å²) in [5.74, 6) is -1.27. The van der Waals surface area contributed by atoms with Gasteiger partial charge in [0.05, 0.1) is 18.4 Å². The van der Waals surface area contributed by atoms with E-state index in [2.05, 4.69) is 9.97 Å². The third-order valence-corrected chi connectivity index (χ3v) is 6.06. The summed E-state index contributed by atoms with van der Waals surface area (Å²) in [4.78, 5) is 59.1. The molecule has 0 saturated carbocycles. The zero-order chi connectivity index (χ0) is 24.1. The van der Waals surface area contributed by atoms with Gasteiger partial charge in [-0.05, 0) is 42.5 Å². The van der Waals surface area contributed by atoms with Crippen molar-refractivity contribution < 1.29 is 28.7 Å². The lowest BCUT2D eigenvalue weighted by atomic mass is 10.1. The average molecular weight is 477 g/mol. The molecule has 0 bridgehead atoms. The number of imide groups is 1. The van der Waals surface area contributed by atoms with Crippen LogP contribution in [0.2, 0.25) is 0 Å². The van der Waals surface area contributed by atoms with Crippen molar-refractivity contribution in [1.82, 2.24) is 9.97 Å². The maximum Gasteiger partial charge on any atom is 0.338 e. The molecule has 1 aliphatic rings. The van der Waals surface area contributed by atoms with Crippen LogP contribution in [0.15, 0.2) is 72.1 Å². The second-order valence-corrected chi connectivity index (χ2v) is 8.36. The number of ketones is 1. The number of amides is 2. The maximum absolute atomic E-state index is 12.8. The van der Waals surface area contributed by atoms with Crippen molar-refractivity contribution in [2.75, 3.05) is 18.6 Å². The summed E-state index contributed by atoms with van der Waals surface area (Å²) in [6.07, 6.45) is 3.16. The van der Waals surface area contributed by atoms with Crippen LogP contribution in [-0.4, -0.2) is 52.5 Å². The molecule has 3 aromatic rings. The number of thioether (sulfide) groups is 1. The first-order valence-corrected chi connectivity index (χ1v) is 11.1. The highest BCUT2D eigenvalue weighted by Gasteiger charge is 2.40. The number of methoxy groups -OCH3 is 1. The average Bonchev–Trinajstić information content (AvgIpc) is 3.15. The monoisotopic (exact) mass is 477 g/mol. The van der Waals surface area contributed by atoms with Gasteiger partial charge in [0.15, 0.2) is 17.5 Å². The Hall–Kier alpha value is -4.05. The van der Waals surface area contributed by atoms with Crippen LogP contribution in [0.1, 0.15) is 27.1 Å². The van der Waals surface area contributed by atoms with Gasteiger partial charge in [0.25, 0.3) is 0 Å². The van der Waals surface area contributed by atoms with Gasteiger partial charge < -0.3 is 9.47 Å². The first kappa shape index (κ1) is 23.1. The van der Waals surface area contributed by atoms with Crippen molar-refractivity contribution in [2.45, 2.75) is 16.8 Å². The molecule has 0 spiro atoms. The SMILES string of the molecule is COc1cccc(C(=O)COC(=O)c2ccc(N3C(=O)CC(Sc4ncccn4)C3=O)cc2)c1. The van der Waals surface area contributed by atoms with Gasteiger partial charge in [-0.25, -0.2) is 19.7 Å². The van der Waals surface area contributed by atoms with E-state index in [4.69, 9.17) is 9.47 Å². The molecule has 1 aliphatic heterocycles. The Morgan fingerprint density at radius 3 is 2.47 bits per heavy atom. The van der Waals surface area contributed by atoms with Crippen LogP contribution < -0.4 is 9.64 Å². The van der Waals surface area contributed by atoms with E-state index in [0.717, 1.165) is 16.7 Å². The molecular weight excluding hydrogens is 458 g/mol. The molecule has 2 aromatic carbocycles. The predicted octanol–water partition coefficient (Wildman–Crippen LogP) is 2.95. The van der Waals surface area contributed by atoms with Gasteiger partial charge in [-0.1, -0.05) is 23.9 Å². The van der Waals surface area contributed by atoms with Crippen LogP contribution in [0, 0.1) is 0 Å². The number of esters is 1. The third-order valence-electron chi connectivity index (χ3n) is 4.98. The molecule has 0 radical (unpaired) electrons. The smallest absolute Gasteiger partial charge is 0.338 e. The Kier molecular flexibility index (Phi) is 6.98. The van der Waals surface area contributed by atoms with Crippen molar-refractivity contribution >= 4 is 41.0 Å². The topological polar surface area (TPSA) is 116 Å². The van der Waals surface area contributed by atoms with Crippen molar-refractivity contribution in [3.05, 3.63) is 78.1 Å². The standard InChI is InChI=1S/C24H19N3O6S/c1-32-18-5-2-4-16(12-18)19(28)14-33-23(31)15-6-8-17(9-7-15)27-21(29)13-20(22(27)30)34-24-25-10-3-11-26-24/h2-12,20H,13-14H2,1H3. The highest BCUT2D eigenvalue weighted by molar-refractivity contribution is 8.00. The number of anilines is 1. The number of carbonyl (C=O) groups excluding carboxylic acids is 4. The van der Waals surface area contributed by atoms with E-state index in [0.29, 0.717) is 22.2 Å². The molecule has 0 aliphatic carbocycles. The number of benzene rings is 2. The van der Waals surface area contributed by atoms with Gasteiger partial charge in [0.1, 0.15) is 11.0 Å². The molecule has 9 nitrogen and oxygen atoms in total. The van der Waals surface area contributed by atoms with E-state index in [9.17, 15) is 19.2 Å². The maximum atomic E-state index is 12.8. The Morgan fingerprint density at radius 2 is 1.76 bits per heavy atom. The number of hydrogen-bond donors (Lipinski definition) is 0. The summed E-state index contributed by atoms with van der Waals surface area (Å²) in [5.41, 5.74) is 0.892. The highest BCUT2D eigenvalue weighted by atomic mass is 32.2. The first-order chi connectivity index (χ1) is 16.5. The van der Waals surface area contributed by atoms with Gasteiger partial charge in [-0.3, -0.25) is 14.4 Å². The van der Waals surface area contributed by atoms with Gasteiger partial charge in [0, 0.05) is 24.4 Å². The molecule has 1 atom stereocenters. The van der Waals surface area contributed by atoms with Crippen molar-refractivity contribution in [3.8, 4) is 5.75 Å². The van der Waals surface area contributed by atoms with E-state index in [1.165, 1.54) is 31.4 Å². The Bertz CT molecular complexity index is 1230. The second kappa shape index (κ2) is 10.3. The lowest BCUT2D eigenvalue weighted by molar-refractivity contribution is -0.121. The molecule has 1 fully saturated rings. The van der Waals surface area contributed by atoms with Crippen molar-refractivity contribution in [2.24, 2.45) is 0 Å². The minimum atomic E-state index is -0.698. The molecule has 2 amide bonds. The summed E-state index contributed by atoms with van der Waals surface area (Å²) in [7, 11) is 1.49. The fraction of sp³-hybridized carbons (Fsp3) is 0.167. The zero-order valence-electron chi connectivity index (χ0n) is 18.0. The van der Waals surface area contributed by atoms with Crippen LogP contribution in [0.3, 0.4) is 0 Å². The summed E-state index contributed by atoms with van der Waals surface area (Å²) < 4.78 is 10.2. The molecule has 1 aromatic heterocycles. The third kappa shape index (κ3) is 5.12. The lowest BCUT2D eigenvalue weighted by Gasteiger charge is -2.15. The van der Waals surface area contributed by atoms with Crippen LogP contribution >= 0.6 is 11.8 Å².